The number of halogens is 1. The molecule has 6 rings (SSSR count). The molecular weight excluding hydrogens is 822 g/mol. The molecule has 0 saturated carbocycles. The first-order valence-corrected chi connectivity index (χ1v) is 20.9. The minimum atomic E-state index is -0.428. The second kappa shape index (κ2) is 23.9. The maximum atomic E-state index is 12.6. The number of anilines is 2. The number of H-pyrrole nitrogens is 1. The number of piperazine rings is 1. The zero-order valence-corrected chi connectivity index (χ0v) is 35.4. The molecule has 0 aliphatic carbocycles. The molecule has 0 bridgehead atoms. The first-order valence-electron chi connectivity index (χ1n) is 20.5. The fourth-order valence-electron chi connectivity index (χ4n) is 6.44. The molecule has 5 N–H and O–H groups in total. The number of nitrogens with zero attached hydrogens (tertiary/aromatic N) is 8. The largest absolute Gasteiger partial charge is 0.377 e. The Bertz CT molecular complexity index is 2270. The van der Waals surface area contributed by atoms with Crippen molar-refractivity contribution < 1.29 is 28.6 Å². The summed E-state index contributed by atoms with van der Waals surface area (Å²) in [5, 5.41) is 18.8. The van der Waals surface area contributed by atoms with E-state index in [9.17, 15) is 19.2 Å². The minimum absolute atomic E-state index is 0.00274. The smallest absolute Gasteiger partial charge is 0.270 e. The van der Waals surface area contributed by atoms with Crippen LogP contribution in [0.3, 0.4) is 0 Å². The Balaban J connectivity index is 0.747. The molecule has 1 fully saturated rings. The number of ether oxygens (including phenoxy) is 3. The number of hydrogen-bond acceptors (Lipinski definition) is 15. The number of rotatable bonds is 24. The predicted molar refractivity (Wildman–Crippen MR) is 231 cm³/mol. The molecule has 5 aromatic heterocycles. The van der Waals surface area contributed by atoms with Crippen molar-refractivity contribution in [3.63, 3.8) is 0 Å². The summed E-state index contributed by atoms with van der Waals surface area (Å²) in [5.41, 5.74) is 4.99. The molecule has 62 heavy (non-hydrogen) atoms. The highest BCUT2D eigenvalue weighted by Gasteiger charge is 2.19. The van der Waals surface area contributed by atoms with Crippen LogP contribution in [0.2, 0.25) is 5.15 Å². The third-order valence-electron chi connectivity index (χ3n) is 9.77. The zero-order valence-electron chi connectivity index (χ0n) is 34.6. The number of hydrogen-bond donors (Lipinski definition) is 5. The Morgan fingerprint density at radius 2 is 1.55 bits per heavy atom. The van der Waals surface area contributed by atoms with Crippen LogP contribution in [0.25, 0.3) is 11.0 Å². The molecule has 0 aromatic carbocycles. The van der Waals surface area contributed by atoms with Gasteiger partial charge in [-0.1, -0.05) is 23.7 Å². The number of carbonyl (C=O) groups excluding carboxylic acids is 3. The molecule has 0 spiro atoms. The summed E-state index contributed by atoms with van der Waals surface area (Å²) in [6.45, 7) is 9.77. The lowest BCUT2D eigenvalue weighted by molar-refractivity contribution is -0.115. The highest BCUT2D eigenvalue weighted by Crippen LogP contribution is 2.20. The van der Waals surface area contributed by atoms with E-state index in [4.69, 9.17) is 25.8 Å². The molecule has 6 heterocycles. The molecule has 0 radical (unpaired) electrons. The Morgan fingerprint density at radius 3 is 2.21 bits per heavy atom. The van der Waals surface area contributed by atoms with Crippen LogP contribution in [0.1, 0.15) is 39.0 Å². The van der Waals surface area contributed by atoms with E-state index in [0.29, 0.717) is 70.5 Å². The SMILES string of the molecule is CCc1cc2ncc(CN3CCN(c4ccc(C(=O)NCCOCCOCCOCCNC(=O)c5ccc(NC(=O)CNCCn6ccnn6)c(Cl)n5)nc4)CC3)cc2[nH]c1=O. The fraction of sp³-hybridized carbons (Fsp3) is 0.439. The molecule has 0 unspecified atom stereocenters. The molecule has 1 saturated heterocycles. The fourth-order valence-corrected chi connectivity index (χ4v) is 6.64. The molecular formula is C41H52ClN13O7. The standard InChI is InChI=1S/C41H52ClN13O7/c1-2-30-24-35-36(51-39(30)57)23-29(25-46-35)28-53-13-15-54(16-14-53)31-3-4-33(47-26-31)40(58)44-9-17-60-19-21-62-22-20-61-18-10-45-41(59)34-6-5-32(38(42)50-34)49-37(56)27-43-7-11-55-12-8-48-52-55/h3-6,8,12,23-26,43H,2,7,9-11,13-22,27-28H2,1H3,(H,44,58)(H,45,59)(H,49,56)(H,51,57). The molecule has 1 aliphatic heterocycles. The number of nitrogens with one attached hydrogen (secondary N) is 5. The van der Waals surface area contributed by atoms with Crippen LogP contribution in [-0.4, -0.2) is 150 Å². The van der Waals surface area contributed by atoms with Crippen molar-refractivity contribution in [3.05, 3.63) is 99.2 Å². The lowest BCUT2D eigenvalue weighted by Crippen LogP contribution is -2.46. The molecule has 5 aromatic rings. The third kappa shape index (κ3) is 14.1. The van der Waals surface area contributed by atoms with Gasteiger partial charge in [-0.3, -0.25) is 33.7 Å². The number of fused-ring (bicyclic) bond motifs is 1. The van der Waals surface area contributed by atoms with Gasteiger partial charge in [0.2, 0.25) is 5.91 Å². The lowest BCUT2D eigenvalue weighted by Gasteiger charge is -2.36. The molecule has 330 valence electrons. The molecule has 20 nitrogen and oxygen atoms in total. The van der Waals surface area contributed by atoms with Gasteiger partial charge in [0.1, 0.15) is 11.4 Å². The summed E-state index contributed by atoms with van der Waals surface area (Å²) in [7, 11) is 0. The van der Waals surface area contributed by atoms with E-state index in [1.165, 1.54) is 12.1 Å². The molecule has 1 aliphatic rings. The van der Waals surface area contributed by atoms with Crippen molar-refractivity contribution in [2.45, 2.75) is 26.4 Å². The van der Waals surface area contributed by atoms with E-state index < -0.39 is 5.91 Å². The maximum absolute atomic E-state index is 12.6. The average Bonchev–Trinajstić information content (AvgIpc) is 3.81. The topological polar surface area (TPSA) is 236 Å². The highest BCUT2D eigenvalue weighted by atomic mass is 35.5. The third-order valence-corrected chi connectivity index (χ3v) is 10.1. The van der Waals surface area contributed by atoms with Gasteiger partial charge < -0.3 is 45.4 Å². The number of carbonyl (C=O) groups is 3. The van der Waals surface area contributed by atoms with Crippen LogP contribution in [-0.2, 0) is 38.5 Å². The summed E-state index contributed by atoms with van der Waals surface area (Å²) in [6.07, 6.45) is 7.59. The quantitative estimate of drug-likeness (QED) is 0.0434. The van der Waals surface area contributed by atoms with Crippen LogP contribution in [0, 0.1) is 0 Å². The normalized spacial score (nSPS) is 13.0. The van der Waals surface area contributed by atoms with Gasteiger partial charge in [-0.25, -0.2) is 9.97 Å². The second-order valence-corrected chi connectivity index (χ2v) is 14.6. The molecule has 3 amide bonds. The summed E-state index contributed by atoms with van der Waals surface area (Å²) >= 11 is 6.20. The first kappa shape index (κ1) is 45.6. The van der Waals surface area contributed by atoms with Crippen molar-refractivity contribution in [2.75, 3.05) is 102 Å². The predicted octanol–water partition coefficient (Wildman–Crippen LogP) is 1.28. The summed E-state index contributed by atoms with van der Waals surface area (Å²) in [6, 6.07) is 10.5. The average molecular weight is 874 g/mol. The van der Waals surface area contributed by atoms with Crippen LogP contribution < -0.4 is 31.7 Å². The molecule has 0 atom stereocenters. The van der Waals surface area contributed by atoms with E-state index in [-0.39, 0.29) is 47.9 Å². The van der Waals surface area contributed by atoms with E-state index in [1.54, 1.807) is 29.3 Å². The number of aromatic nitrogens is 7. The summed E-state index contributed by atoms with van der Waals surface area (Å²) in [5.74, 6) is -1.01. The zero-order chi connectivity index (χ0) is 43.5. The second-order valence-electron chi connectivity index (χ2n) is 14.2. The lowest BCUT2D eigenvalue weighted by atomic mass is 10.1. The van der Waals surface area contributed by atoms with Crippen molar-refractivity contribution in [1.29, 1.82) is 0 Å². The summed E-state index contributed by atoms with van der Waals surface area (Å²) in [4.78, 5) is 70.2. The highest BCUT2D eigenvalue weighted by molar-refractivity contribution is 6.32. The van der Waals surface area contributed by atoms with Crippen LogP contribution >= 0.6 is 11.6 Å². The van der Waals surface area contributed by atoms with Crippen LogP contribution in [0.15, 0.2) is 66.0 Å². The van der Waals surface area contributed by atoms with Gasteiger partial charge in [0.05, 0.1) is 87.5 Å². The van der Waals surface area contributed by atoms with Gasteiger partial charge in [0.25, 0.3) is 17.4 Å². The van der Waals surface area contributed by atoms with E-state index in [2.05, 4.69) is 61.3 Å². The van der Waals surface area contributed by atoms with E-state index >= 15 is 0 Å². The van der Waals surface area contributed by atoms with Gasteiger partial charge in [-0.15, -0.1) is 5.10 Å². The van der Waals surface area contributed by atoms with E-state index in [1.807, 2.05) is 31.3 Å². The Hall–Kier alpha value is -5.90. The van der Waals surface area contributed by atoms with Gasteiger partial charge >= 0.3 is 0 Å². The Kier molecular flexibility index (Phi) is 17.6. The van der Waals surface area contributed by atoms with Gasteiger partial charge in [-0.2, -0.15) is 0 Å². The van der Waals surface area contributed by atoms with Gasteiger partial charge in [0.15, 0.2) is 5.15 Å². The van der Waals surface area contributed by atoms with Gasteiger partial charge in [0, 0.05) is 70.3 Å². The number of aryl methyl sites for hydroxylation is 1. The van der Waals surface area contributed by atoms with Crippen molar-refractivity contribution in [3.8, 4) is 0 Å². The van der Waals surface area contributed by atoms with Crippen LogP contribution in [0.5, 0.6) is 0 Å². The Labute approximate surface area is 363 Å². The maximum Gasteiger partial charge on any atom is 0.270 e. The van der Waals surface area contributed by atoms with E-state index in [0.717, 1.165) is 60.6 Å². The van der Waals surface area contributed by atoms with Crippen molar-refractivity contribution >= 4 is 51.7 Å². The van der Waals surface area contributed by atoms with Crippen LogP contribution in [0.4, 0.5) is 11.4 Å². The van der Waals surface area contributed by atoms with Crippen molar-refractivity contribution in [1.82, 2.24) is 55.8 Å². The summed E-state index contributed by atoms with van der Waals surface area (Å²) < 4.78 is 18.2. The number of aromatic amines is 1. The van der Waals surface area contributed by atoms with Gasteiger partial charge in [-0.05, 0) is 48.4 Å². The minimum Gasteiger partial charge on any atom is -0.377 e. The first-order chi connectivity index (χ1) is 30.2. The number of amides is 3. The molecule has 21 heteroatoms. The monoisotopic (exact) mass is 873 g/mol. The number of pyridine rings is 4. The Morgan fingerprint density at radius 1 is 0.839 bits per heavy atom. The van der Waals surface area contributed by atoms with Crippen molar-refractivity contribution in [2.24, 2.45) is 0 Å².